The van der Waals surface area contributed by atoms with Crippen molar-refractivity contribution < 1.29 is 4.39 Å². The normalized spacial score (nSPS) is 12.2. The third kappa shape index (κ3) is 2.41. The molecule has 13 heavy (non-hydrogen) atoms. The Morgan fingerprint density at radius 1 is 1.62 bits per heavy atom. The van der Waals surface area contributed by atoms with E-state index in [1.54, 1.807) is 0 Å². The zero-order valence-electron chi connectivity index (χ0n) is 6.80. The lowest BCUT2D eigenvalue weighted by molar-refractivity contribution is 0.620. The summed E-state index contributed by atoms with van der Waals surface area (Å²) in [5, 5.41) is 8.78. The molecule has 1 aromatic rings. The van der Waals surface area contributed by atoms with Crippen LogP contribution in [0, 0.1) is 17.1 Å². The van der Waals surface area contributed by atoms with Crippen LogP contribution in [0.4, 0.5) is 4.39 Å². The summed E-state index contributed by atoms with van der Waals surface area (Å²) in [6.07, 6.45) is 0.128. The van der Waals surface area contributed by atoms with Crippen LogP contribution in [0.2, 0.25) is 5.02 Å². The molecular weight excluding hydrogens is 191 g/mol. The fraction of sp³-hybridized carbons (Fsp3) is 0.222. The largest absolute Gasteiger partial charge is 0.323 e. The SMILES string of the molecule is N#CCC(N)c1cc(F)ccc1Cl. The predicted octanol–water partition coefficient (Wildman–Crippen LogP) is 2.39. The first kappa shape index (κ1) is 9.97. The molecule has 1 atom stereocenters. The van der Waals surface area contributed by atoms with Gasteiger partial charge in [-0.25, -0.2) is 4.39 Å². The molecule has 0 fully saturated rings. The average Bonchev–Trinajstić information content (AvgIpc) is 2.09. The van der Waals surface area contributed by atoms with E-state index in [4.69, 9.17) is 22.6 Å². The van der Waals surface area contributed by atoms with E-state index in [-0.39, 0.29) is 6.42 Å². The van der Waals surface area contributed by atoms with Gasteiger partial charge in [-0.15, -0.1) is 0 Å². The van der Waals surface area contributed by atoms with Gasteiger partial charge in [-0.1, -0.05) is 11.6 Å². The standard InChI is InChI=1S/C9H8ClFN2/c10-8-2-1-6(11)5-7(8)9(13)3-4-12/h1-2,5,9H,3,13H2. The quantitative estimate of drug-likeness (QED) is 0.793. The molecule has 0 amide bonds. The maximum Gasteiger partial charge on any atom is 0.123 e. The van der Waals surface area contributed by atoms with Gasteiger partial charge in [0, 0.05) is 11.1 Å². The average molecular weight is 199 g/mol. The number of nitrogens with zero attached hydrogens (tertiary/aromatic N) is 1. The Kier molecular flexibility index (Phi) is 3.24. The van der Waals surface area contributed by atoms with Crippen LogP contribution in [0.25, 0.3) is 0 Å². The van der Waals surface area contributed by atoms with Crippen molar-refractivity contribution in [2.45, 2.75) is 12.5 Å². The van der Waals surface area contributed by atoms with Crippen LogP contribution < -0.4 is 5.73 Å². The van der Waals surface area contributed by atoms with E-state index >= 15 is 0 Å². The van der Waals surface area contributed by atoms with Gasteiger partial charge in [-0.2, -0.15) is 5.26 Å². The molecule has 0 aliphatic carbocycles. The van der Waals surface area contributed by atoms with Crippen molar-refractivity contribution in [1.29, 1.82) is 5.26 Å². The van der Waals surface area contributed by atoms with Gasteiger partial charge in [0.25, 0.3) is 0 Å². The molecule has 1 unspecified atom stereocenters. The summed E-state index contributed by atoms with van der Waals surface area (Å²) in [4.78, 5) is 0. The Morgan fingerprint density at radius 3 is 2.92 bits per heavy atom. The first-order valence-electron chi connectivity index (χ1n) is 3.72. The Labute approximate surface area is 80.7 Å². The summed E-state index contributed by atoms with van der Waals surface area (Å²) < 4.78 is 12.8. The topological polar surface area (TPSA) is 49.8 Å². The van der Waals surface area contributed by atoms with E-state index in [0.717, 1.165) is 0 Å². The van der Waals surface area contributed by atoms with Gasteiger partial charge in [-0.05, 0) is 23.8 Å². The Morgan fingerprint density at radius 2 is 2.31 bits per heavy atom. The Hall–Kier alpha value is -1.11. The summed E-state index contributed by atoms with van der Waals surface area (Å²) >= 11 is 5.77. The molecule has 0 aromatic heterocycles. The number of nitrogens with two attached hydrogens (primary N) is 1. The van der Waals surface area contributed by atoms with Gasteiger partial charge in [0.05, 0.1) is 12.5 Å². The van der Waals surface area contributed by atoms with Crippen molar-refractivity contribution in [3.05, 3.63) is 34.6 Å². The minimum absolute atomic E-state index is 0.128. The first-order valence-corrected chi connectivity index (χ1v) is 4.10. The van der Waals surface area contributed by atoms with E-state index in [0.29, 0.717) is 10.6 Å². The van der Waals surface area contributed by atoms with Crippen molar-refractivity contribution in [3.63, 3.8) is 0 Å². The van der Waals surface area contributed by atoms with E-state index in [9.17, 15) is 4.39 Å². The second-order valence-electron chi connectivity index (χ2n) is 2.63. The summed E-state index contributed by atoms with van der Waals surface area (Å²) in [5.74, 6) is -0.396. The smallest absolute Gasteiger partial charge is 0.123 e. The Balaban J connectivity index is 3.00. The molecule has 0 aliphatic rings. The maximum absolute atomic E-state index is 12.8. The lowest BCUT2D eigenvalue weighted by Gasteiger charge is -2.09. The van der Waals surface area contributed by atoms with Crippen molar-refractivity contribution in [3.8, 4) is 6.07 Å². The number of nitriles is 1. The summed E-state index contributed by atoms with van der Waals surface area (Å²) in [7, 11) is 0. The highest BCUT2D eigenvalue weighted by Gasteiger charge is 2.10. The maximum atomic E-state index is 12.8. The molecule has 2 nitrogen and oxygen atoms in total. The highest BCUT2D eigenvalue weighted by molar-refractivity contribution is 6.31. The second kappa shape index (κ2) is 4.22. The summed E-state index contributed by atoms with van der Waals surface area (Å²) in [6, 6.07) is 5.33. The molecule has 4 heteroatoms. The van der Waals surface area contributed by atoms with Crippen molar-refractivity contribution in [1.82, 2.24) is 0 Å². The van der Waals surface area contributed by atoms with Crippen LogP contribution in [-0.4, -0.2) is 0 Å². The monoisotopic (exact) mass is 198 g/mol. The summed E-state index contributed by atoms with van der Waals surface area (Å²) in [5.41, 5.74) is 6.08. The van der Waals surface area contributed by atoms with Crippen LogP contribution >= 0.6 is 11.6 Å². The van der Waals surface area contributed by atoms with E-state index in [1.165, 1.54) is 18.2 Å². The molecule has 0 heterocycles. The zero-order valence-corrected chi connectivity index (χ0v) is 7.55. The first-order chi connectivity index (χ1) is 6.15. The minimum atomic E-state index is -0.520. The van der Waals surface area contributed by atoms with Gasteiger partial charge in [-0.3, -0.25) is 0 Å². The van der Waals surface area contributed by atoms with Crippen LogP contribution in [0.5, 0.6) is 0 Å². The molecule has 0 saturated carbocycles. The fourth-order valence-electron chi connectivity index (χ4n) is 1.01. The zero-order chi connectivity index (χ0) is 9.84. The Bertz CT molecular complexity index is 346. The van der Waals surface area contributed by atoms with Crippen LogP contribution in [0.15, 0.2) is 18.2 Å². The van der Waals surface area contributed by atoms with Crippen LogP contribution in [-0.2, 0) is 0 Å². The molecule has 2 N–H and O–H groups in total. The molecule has 0 bridgehead atoms. The predicted molar refractivity (Wildman–Crippen MR) is 48.6 cm³/mol. The lowest BCUT2D eigenvalue weighted by atomic mass is 10.1. The van der Waals surface area contributed by atoms with Crippen LogP contribution in [0.3, 0.4) is 0 Å². The van der Waals surface area contributed by atoms with E-state index in [2.05, 4.69) is 0 Å². The van der Waals surface area contributed by atoms with Gasteiger partial charge >= 0.3 is 0 Å². The van der Waals surface area contributed by atoms with Gasteiger partial charge in [0.15, 0.2) is 0 Å². The molecule has 0 spiro atoms. The van der Waals surface area contributed by atoms with Crippen molar-refractivity contribution in [2.24, 2.45) is 5.73 Å². The molecule has 0 saturated heterocycles. The molecule has 1 rings (SSSR count). The van der Waals surface area contributed by atoms with Gasteiger partial charge < -0.3 is 5.73 Å². The second-order valence-corrected chi connectivity index (χ2v) is 3.04. The number of hydrogen-bond donors (Lipinski definition) is 1. The van der Waals surface area contributed by atoms with Crippen molar-refractivity contribution in [2.75, 3.05) is 0 Å². The number of hydrogen-bond acceptors (Lipinski definition) is 2. The van der Waals surface area contributed by atoms with Gasteiger partial charge in [0.1, 0.15) is 5.82 Å². The van der Waals surface area contributed by atoms with E-state index in [1.807, 2.05) is 6.07 Å². The third-order valence-corrected chi connectivity index (χ3v) is 2.01. The van der Waals surface area contributed by atoms with E-state index < -0.39 is 11.9 Å². The number of halogens is 2. The molecule has 68 valence electrons. The molecule has 0 radical (unpaired) electrons. The molecular formula is C9H8ClFN2. The third-order valence-electron chi connectivity index (χ3n) is 1.67. The number of rotatable bonds is 2. The highest BCUT2D eigenvalue weighted by Crippen LogP contribution is 2.23. The van der Waals surface area contributed by atoms with Crippen LogP contribution in [0.1, 0.15) is 18.0 Å². The molecule has 1 aromatic carbocycles. The molecule has 0 aliphatic heterocycles. The lowest BCUT2D eigenvalue weighted by Crippen LogP contribution is -2.10. The van der Waals surface area contributed by atoms with Crippen molar-refractivity contribution >= 4 is 11.6 Å². The summed E-state index contributed by atoms with van der Waals surface area (Å²) in [6.45, 7) is 0. The number of benzene rings is 1. The minimum Gasteiger partial charge on any atom is -0.323 e. The fourth-order valence-corrected chi connectivity index (χ4v) is 1.26. The highest BCUT2D eigenvalue weighted by atomic mass is 35.5. The van der Waals surface area contributed by atoms with Gasteiger partial charge in [0.2, 0.25) is 0 Å².